The molecule has 1 amide bonds. The first-order valence-corrected chi connectivity index (χ1v) is 9.98. The van der Waals surface area contributed by atoms with E-state index in [-0.39, 0.29) is 11.4 Å². The Morgan fingerprint density at radius 2 is 1.86 bits per heavy atom. The molecule has 0 radical (unpaired) electrons. The summed E-state index contributed by atoms with van der Waals surface area (Å²) < 4.78 is 5.90. The van der Waals surface area contributed by atoms with E-state index in [2.05, 4.69) is 39.0 Å². The van der Waals surface area contributed by atoms with E-state index in [4.69, 9.17) is 10.2 Å². The maximum absolute atomic E-state index is 12.7. The van der Waals surface area contributed by atoms with Gasteiger partial charge in [-0.25, -0.2) is 0 Å². The number of fused-ring (bicyclic) bond motifs is 2. The van der Waals surface area contributed by atoms with Crippen molar-refractivity contribution in [2.45, 2.75) is 52.1 Å². The third-order valence-electron chi connectivity index (χ3n) is 5.97. The van der Waals surface area contributed by atoms with Crippen LogP contribution in [0.1, 0.15) is 52.6 Å². The number of benzene rings is 2. The van der Waals surface area contributed by atoms with E-state index in [9.17, 15) is 4.79 Å². The first-order chi connectivity index (χ1) is 13.3. The fraction of sp³-hybridized carbons (Fsp3) is 0.375. The molecule has 28 heavy (non-hydrogen) atoms. The standard InChI is InChI=1S/C24H28N2O2/c1-16-12-19-15-26(23(27)21(19)13-17(16)2)11-10-24(3,25)9-8-20-14-18-6-4-5-7-22(18)28-20/h4-7,12-14H,8-11,15,25H2,1-3H3. The topological polar surface area (TPSA) is 59.5 Å². The maximum Gasteiger partial charge on any atom is 0.254 e. The number of para-hydroxylation sites is 1. The predicted octanol–water partition coefficient (Wildman–Crippen LogP) is 4.75. The van der Waals surface area contributed by atoms with Crippen LogP contribution in [0.15, 0.2) is 46.9 Å². The van der Waals surface area contributed by atoms with E-state index >= 15 is 0 Å². The Balaban J connectivity index is 1.35. The molecule has 0 spiro atoms. The molecular formula is C24H28N2O2. The molecule has 0 aliphatic carbocycles. The molecule has 2 aromatic carbocycles. The zero-order chi connectivity index (χ0) is 19.9. The molecule has 4 heteroatoms. The van der Waals surface area contributed by atoms with Gasteiger partial charge in [-0.05, 0) is 68.5 Å². The van der Waals surface area contributed by atoms with Gasteiger partial charge in [0.2, 0.25) is 0 Å². The summed E-state index contributed by atoms with van der Waals surface area (Å²) in [5.74, 6) is 1.10. The average Bonchev–Trinajstić information content (AvgIpc) is 3.21. The van der Waals surface area contributed by atoms with Crippen LogP contribution in [0.25, 0.3) is 11.0 Å². The molecule has 0 fully saturated rings. The molecule has 1 aliphatic heterocycles. The molecule has 2 N–H and O–H groups in total. The second-order valence-electron chi connectivity index (χ2n) is 8.47. The molecule has 0 saturated heterocycles. The molecule has 3 aromatic rings. The van der Waals surface area contributed by atoms with Gasteiger partial charge < -0.3 is 15.1 Å². The fourth-order valence-electron chi connectivity index (χ4n) is 3.92. The Morgan fingerprint density at radius 3 is 2.64 bits per heavy atom. The van der Waals surface area contributed by atoms with Crippen molar-refractivity contribution in [3.05, 3.63) is 70.5 Å². The Labute approximate surface area is 166 Å². The number of amides is 1. The lowest BCUT2D eigenvalue weighted by Gasteiger charge is -2.27. The highest BCUT2D eigenvalue weighted by atomic mass is 16.3. The summed E-state index contributed by atoms with van der Waals surface area (Å²) in [5.41, 5.74) is 11.5. The van der Waals surface area contributed by atoms with E-state index in [0.717, 1.165) is 47.1 Å². The number of carbonyl (C=O) groups excluding carboxylic acids is 1. The molecule has 2 heterocycles. The van der Waals surface area contributed by atoms with Crippen LogP contribution in [0.4, 0.5) is 0 Å². The van der Waals surface area contributed by atoms with E-state index in [1.165, 1.54) is 11.1 Å². The van der Waals surface area contributed by atoms with Crippen LogP contribution in [0.2, 0.25) is 0 Å². The lowest BCUT2D eigenvalue weighted by Crippen LogP contribution is -2.40. The van der Waals surface area contributed by atoms with E-state index in [1.807, 2.05) is 29.2 Å². The number of aryl methyl sites for hydroxylation is 3. The summed E-state index contributed by atoms with van der Waals surface area (Å²) >= 11 is 0. The smallest absolute Gasteiger partial charge is 0.254 e. The molecule has 0 bridgehead atoms. The van der Waals surface area contributed by atoms with Crippen LogP contribution in [0.5, 0.6) is 0 Å². The molecule has 1 aliphatic rings. The van der Waals surface area contributed by atoms with E-state index in [1.54, 1.807) is 0 Å². The fourth-order valence-corrected chi connectivity index (χ4v) is 3.92. The van der Waals surface area contributed by atoms with Gasteiger partial charge in [-0.1, -0.05) is 24.3 Å². The van der Waals surface area contributed by atoms with Gasteiger partial charge in [0.15, 0.2) is 0 Å². The lowest BCUT2D eigenvalue weighted by molar-refractivity contribution is 0.0766. The quantitative estimate of drug-likeness (QED) is 0.676. The number of furan rings is 1. The Morgan fingerprint density at radius 1 is 1.11 bits per heavy atom. The summed E-state index contributed by atoms with van der Waals surface area (Å²) in [6, 6.07) is 14.3. The minimum atomic E-state index is -0.347. The first kappa shape index (κ1) is 18.8. The van der Waals surface area contributed by atoms with Crippen molar-refractivity contribution in [3.63, 3.8) is 0 Å². The molecular weight excluding hydrogens is 348 g/mol. The number of hydrogen-bond donors (Lipinski definition) is 1. The van der Waals surface area contributed by atoms with Crippen LogP contribution in [-0.4, -0.2) is 22.9 Å². The Kier molecular flexibility index (Phi) is 4.76. The summed E-state index contributed by atoms with van der Waals surface area (Å²) in [7, 11) is 0. The van der Waals surface area contributed by atoms with E-state index in [0.29, 0.717) is 13.1 Å². The highest BCUT2D eigenvalue weighted by molar-refractivity contribution is 5.98. The molecule has 1 unspecified atom stereocenters. The summed E-state index contributed by atoms with van der Waals surface area (Å²) in [5, 5.41) is 1.13. The lowest BCUT2D eigenvalue weighted by atomic mass is 9.92. The Bertz CT molecular complexity index is 999. The molecule has 1 atom stereocenters. The zero-order valence-electron chi connectivity index (χ0n) is 16.9. The van der Waals surface area contributed by atoms with Crippen molar-refractivity contribution in [1.82, 2.24) is 4.90 Å². The van der Waals surface area contributed by atoms with Crippen molar-refractivity contribution in [3.8, 4) is 0 Å². The largest absolute Gasteiger partial charge is 0.461 e. The monoisotopic (exact) mass is 376 g/mol. The third-order valence-corrected chi connectivity index (χ3v) is 5.97. The number of nitrogens with zero attached hydrogens (tertiary/aromatic N) is 1. The Hall–Kier alpha value is -2.59. The summed E-state index contributed by atoms with van der Waals surface area (Å²) in [4.78, 5) is 14.7. The van der Waals surface area contributed by atoms with Gasteiger partial charge in [-0.15, -0.1) is 0 Å². The number of carbonyl (C=O) groups is 1. The molecule has 4 nitrogen and oxygen atoms in total. The van der Waals surface area contributed by atoms with Crippen LogP contribution < -0.4 is 5.73 Å². The normalized spacial score (nSPS) is 15.9. The second kappa shape index (κ2) is 7.10. The van der Waals surface area contributed by atoms with Gasteiger partial charge in [-0.2, -0.15) is 0 Å². The van der Waals surface area contributed by atoms with Crippen molar-refractivity contribution in [2.24, 2.45) is 5.73 Å². The van der Waals surface area contributed by atoms with E-state index < -0.39 is 0 Å². The zero-order valence-corrected chi connectivity index (χ0v) is 16.9. The molecule has 4 rings (SSSR count). The summed E-state index contributed by atoms with van der Waals surface area (Å²) in [6.07, 6.45) is 2.39. The number of nitrogens with two attached hydrogens (primary N) is 1. The van der Waals surface area contributed by atoms with Gasteiger partial charge >= 0.3 is 0 Å². The molecule has 0 saturated carbocycles. The van der Waals surface area contributed by atoms with Gasteiger partial charge in [0, 0.05) is 36.0 Å². The minimum absolute atomic E-state index is 0.131. The number of rotatable bonds is 6. The van der Waals surface area contributed by atoms with Crippen LogP contribution in [0.3, 0.4) is 0 Å². The van der Waals surface area contributed by atoms with Gasteiger partial charge in [0.05, 0.1) is 0 Å². The average molecular weight is 377 g/mol. The van der Waals surface area contributed by atoms with Crippen molar-refractivity contribution in [1.29, 1.82) is 0 Å². The first-order valence-electron chi connectivity index (χ1n) is 9.98. The van der Waals surface area contributed by atoms with Gasteiger partial charge in [0.25, 0.3) is 5.91 Å². The third kappa shape index (κ3) is 3.69. The number of hydrogen-bond acceptors (Lipinski definition) is 3. The van der Waals surface area contributed by atoms with Gasteiger partial charge in [-0.3, -0.25) is 4.79 Å². The highest BCUT2D eigenvalue weighted by Crippen LogP contribution is 2.27. The molecule has 1 aromatic heterocycles. The highest BCUT2D eigenvalue weighted by Gasteiger charge is 2.29. The van der Waals surface area contributed by atoms with Crippen LogP contribution in [-0.2, 0) is 13.0 Å². The van der Waals surface area contributed by atoms with Crippen molar-refractivity contribution >= 4 is 16.9 Å². The minimum Gasteiger partial charge on any atom is -0.461 e. The van der Waals surface area contributed by atoms with Crippen LogP contribution >= 0.6 is 0 Å². The SMILES string of the molecule is Cc1cc2c(cc1C)C(=O)N(CCC(C)(N)CCc1cc3ccccc3o1)C2. The van der Waals surface area contributed by atoms with Crippen molar-refractivity contribution < 1.29 is 9.21 Å². The van der Waals surface area contributed by atoms with Crippen LogP contribution in [0, 0.1) is 13.8 Å². The maximum atomic E-state index is 12.7. The van der Waals surface area contributed by atoms with Gasteiger partial charge in [0.1, 0.15) is 11.3 Å². The molecule has 146 valence electrons. The predicted molar refractivity (Wildman–Crippen MR) is 112 cm³/mol. The second-order valence-corrected chi connectivity index (χ2v) is 8.47. The summed E-state index contributed by atoms with van der Waals surface area (Å²) in [6.45, 7) is 7.59. The van der Waals surface area contributed by atoms with Crippen molar-refractivity contribution in [2.75, 3.05) is 6.54 Å².